The molecule has 0 bridgehead atoms. The van der Waals surface area contributed by atoms with Crippen LogP contribution in [0, 0.1) is 11.6 Å². The summed E-state index contributed by atoms with van der Waals surface area (Å²) >= 11 is 0. The molecule has 4 nitrogen and oxygen atoms in total. The third-order valence-electron chi connectivity index (χ3n) is 2.76. The topological polar surface area (TPSA) is 62.2 Å². The van der Waals surface area contributed by atoms with Crippen LogP contribution < -0.4 is 5.32 Å². The maximum atomic E-state index is 13.6. The highest BCUT2D eigenvalue weighted by Crippen LogP contribution is 2.18. The summed E-state index contributed by atoms with van der Waals surface area (Å²) in [7, 11) is 0. The molecule has 1 amide bonds. The maximum Gasteiger partial charge on any atom is 0.253 e. The Morgan fingerprint density at radius 3 is 2.70 bits per heavy atom. The van der Waals surface area contributed by atoms with E-state index in [0.717, 1.165) is 12.1 Å². The van der Waals surface area contributed by atoms with E-state index < -0.39 is 23.6 Å². The zero-order valence-electron chi connectivity index (χ0n) is 10.6. The van der Waals surface area contributed by atoms with E-state index in [0.29, 0.717) is 0 Å². The van der Waals surface area contributed by atoms with E-state index in [1.54, 1.807) is 6.92 Å². The zero-order chi connectivity index (χ0) is 14.7. The monoisotopic (exact) mass is 278 g/mol. The predicted octanol–water partition coefficient (Wildman–Crippen LogP) is 2.56. The predicted molar refractivity (Wildman–Crippen MR) is 68.1 cm³/mol. The van der Waals surface area contributed by atoms with Crippen LogP contribution in [-0.2, 0) is 0 Å². The molecule has 0 spiro atoms. The van der Waals surface area contributed by atoms with E-state index >= 15 is 0 Å². The number of carbonyl (C=O) groups is 1. The highest BCUT2D eigenvalue weighted by Gasteiger charge is 2.15. The van der Waals surface area contributed by atoms with Crippen LogP contribution in [0.4, 0.5) is 8.78 Å². The SMILES string of the molecule is CC(NC(=O)c1cncc(O)c1)c1ccc(F)cc1F. The lowest BCUT2D eigenvalue weighted by molar-refractivity contribution is 0.0938. The molecule has 0 aliphatic rings. The Morgan fingerprint density at radius 2 is 2.05 bits per heavy atom. The third kappa shape index (κ3) is 3.09. The van der Waals surface area contributed by atoms with Gasteiger partial charge in [-0.05, 0) is 19.1 Å². The number of hydrogen-bond acceptors (Lipinski definition) is 3. The molecular formula is C14H12F2N2O2. The second kappa shape index (κ2) is 5.64. The average Bonchev–Trinajstić information content (AvgIpc) is 2.38. The Hall–Kier alpha value is -2.50. The van der Waals surface area contributed by atoms with Crippen LogP contribution in [0.15, 0.2) is 36.7 Å². The van der Waals surface area contributed by atoms with Crippen LogP contribution in [0.2, 0.25) is 0 Å². The van der Waals surface area contributed by atoms with Crippen LogP contribution in [0.3, 0.4) is 0 Å². The van der Waals surface area contributed by atoms with Crippen LogP contribution in [-0.4, -0.2) is 16.0 Å². The standard InChI is InChI=1S/C14H12F2N2O2/c1-8(12-3-2-10(15)5-13(12)16)18-14(20)9-4-11(19)7-17-6-9/h2-8,19H,1H3,(H,18,20). The number of aromatic hydroxyl groups is 1. The van der Waals surface area contributed by atoms with Gasteiger partial charge >= 0.3 is 0 Å². The van der Waals surface area contributed by atoms with Gasteiger partial charge in [0.25, 0.3) is 5.91 Å². The molecule has 1 aromatic carbocycles. The second-order valence-electron chi connectivity index (χ2n) is 4.29. The first kappa shape index (κ1) is 13.9. The minimum absolute atomic E-state index is 0.140. The minimum atomic E-state index is -0.730. The molecule has 0 radical (unpaired) electrons. The fourth-order valence-electron chi connectivity index (χ4n) is 1.76. The Kier molecular flexibility index (Phi) is 3.93. The Bertz CT molecular complexity index is 647. The van der Waals surface area contributed by atoms with Crippen molar-refractivity contribution in [1.82, 2.24) is 10.3 Å². The quantitative estimate of drug-likeness (QED) is 0.907. The van der Waals surface area contributed by atoms with E-state index in [4.69, 9.17) is 0 Å². The number of halogens is 2. The van der Waals surface area contributed by atoms with Gasteiger partial charge in [0.1, 0.15) is 17.4 Å². The van der Waals surface area contributed by atoms with Gasteiger partial charge in [-0.2, -0.15) is 0 Å². The van der Waals surface area contributed by atoms with Crippen molar-refractivity contribution in [3.63, 3.8) is 0 Å². The number of aromatic nitrogens is 1. The smallest absolute Gasteiger partial charge is 0.253 e. The van der Waals surface area contributed by atoms with Crippen molar-refractivity contribution in [3.8, 4) is 5.75 Å². The van der Waals surface area contributed by atoms with Crippen molar-refractivity contribution in [3.05, 3.63) is 59.4 Å². The number of nitrogens with zero attached hydrogens (tertiary/aromatic N) is 1. The molecule has 0 aliphatic heterocycles. The number of amides is 1. The van der Waals surface area contributed by atoms with E-state index in [9.17, 15) is 18.7 Å². The summed E-state index contributed by atoms with van der Waals surface area (Å²) in [5.41, 5.74) is 0.326. The van der Waals surface area contributed by atoms with Gasteiger partial charge in [-0.3, -0.25) is 9.78 Å². The van der Waals surface area contributed by atoms with E-state index in [2.05, 4.69) is 10.3 Å². The van der Waals surface area contributed by atoms with Gasteiger partial charge in [0.15, 0.2) is 0 Å². The summed E-state index contributed by atoms with van der Waals surface area (Å²) in [6.07, 6.45) is 2.47. The molecule has 2 aromatic rings. The van der Waals surface area contributed by atoms with Crippen LogP contribution in [0.5, 0.6) is 5.75 Å². The summed E-state index contributed by atoms with van der Waals surface area (Å²) < 4.78 is 26.4. The molecule has 1 unspecified atom stereocenters. The largest absolute Gasteiger partial charge is 0.506 e. The third-order valence-corrected chi connectivity index (χ3v) is 2.76. The Labute approximate surface area is 114 Å². The number of benzene rings is 1. The number of rotatable bonds is 3. The van der Waals surface area contributed by atoms with Crippen LogP contribution in [0.25, 0.3) is 0 Å². The van der Waals surface area contributed by atoms with Gasteiger partial charge in [-0.1, -0.05) is 6.07 Å². The lowest BCUT2D eigenvalue weighted by Crippen LogP contribution is -2.27. The molecule has 1 atom stereocenters. The Morgan fingerprint density at radius 1 is 1.30 bits per heavy atom. The van der Waals surface area contributed by atoms with Crippen molar-refractivity contribution in [1.29, 1.82) is 0 Å². The summed E-state index contributed by atoms with van der Waals surface area (Å²) in [6.45, 7) is 1.57. The van der Waals surface area contributed by atoms with Crippen molar-refractivity contribution in [2.75, 3.05) is 0 Å². The average molecular weight is 278 g/mol. The molecule has 2 N–H and O–H groups in total. The first-order chi connectivity index (χ1) is 9.47. The van der Waals surface area contributed by atoms with Gasteiger partial charge < -0.3 is 10.4 Å². The second-order valence-corrected chi connectivity index (χ2v) is 4.29. The normalized spacial score (nSPS) is 11.9. The molecule has 1 heterocycles. The van der Waals surface area contributed by atoms with Gasteiger partial charge in [0.05, 0.1) is 17.8 Å². The van der Waals surface area contributed by atoms with Crippen molar-refractivity contribution in [2.45, 2.75) is 13.0 Å². The number of nitrogens with one attached hydrogen (secondary N) is 1. The van der Waals surface area contributed by atoms with Gasteiger partial charge in [-0.25, -0.2) is 8.78 Å². The zero-order valence-corrected chi connectivity index (χ0v) is 10.6. The molecule has 0 aliphatic carbocycles. The van der Waals surface area contributed by atoms with E-state index in [1.807, 2.05) is 0 Å². The van der Waals surface area contributed by atoms with Crippen LogP contribution >= 0.6 is 0 Å². The van der Waals surface area contributed by atoms with Crippen molar-refractivity contribution >= 4 is 5.91 Å². The molecular weight excluding hydrogens is 266 g/mol. The number of hydrogen-bond donors (Lipinski definition) is 2. The summed E-state index contributed by atoms with van der Waals surface area (Å²) in [5.74, 6) is -2.06. The lowest BCUT2D eigenvalue weighted by atomic mass is 10.1. The van der Waals surface area contributed by atoms with Gasteiger partial charge in [0, 0.05) is 17.8 Å². The molecule has 2 rings (SSSR count). The molecule has 20 heavy (non-hydrogen) atoms. The highest BCUT2D eigenvalue weighted by atomic mass is 19.1. The molecule has 0 fully saturated rings. The van der Waals surface area contributed by atoms with Crippen LogP contribution in [0.1, 0.15) is 28.9 Å². The molecule has 1 aromatic heterocycles. The van der Waals surface area contributed by atoms with Crippen molar-refractivity contribution in [2.24, 2.45) is 0 Å². The number of carbonyl (C=O) groups excluding carboxylic acids is 1. The summed E-state index contributed by atoms with van der Waals surface area (Å²) in [4.78, 5) is 15.6. The fourth-order valence-corrected chi connectivity index (χ4v) is 1.76. The molecule has 6 heteroatoms. The molecule has 0 saturated carbocycles. The van der Waals surface area contributed by atoms with Gasteiger partial charge in [0.2, 0.25) is 0 Å². The first-order valence-corrected chi connectivity index (χ1v) is 5.87. The summed E-state index contributed by atoms with van der Waals surface area (Å²) in [5, 5.41) is 11.8. The van der Waals surface area contributed by atoms with Gasteiger partial charge in [-0.15, -0.1) is 0 Å². The van der Waals surface area contributed by atoms with E-state index in [1.165, 1.54) is 24.5 Å². The summed E-state index contributed by atoms with van der Waals surface area (Å²) in [6, 6.07) is 3.75. The minimum Gasteiger partial charge on any atom is -0.506 e. The maximum absolute atomic E-state index is 13.6. The van der Waals surface area contributed by atoms with E-state index in [-0.39, 0.29) is 16.9 Å². The lowest BCUT2D eigenvalue weighted by Gasteiger charge is -2.15. The Balaban J connectivity index is 2.15. The van der Waals surface area contributed by atoms with Crippen molar-refractivity contribution < 1.29 is 18.7 Å². The fraction of sp³-hybridized carbons (Fsp3) is 0.143. The number of pyridine rings is 1. The first-order valence-electron chi connectivity index (χ1n) is 5.87. The molecule has 104 valence electrons. The molecule has 0 saturated heterocycles. The highest BCUT2D eigenvalue weighted by molar-refractivity contribution is 5.94.